The number of nitrogens with one attached hydrogen (secondary N) is 1. The second kappa shape index (κ2) is 5.14. The van der Waals surface area contributed by atoms with Crippen LogP contribution in [0.4, 0.5) is 0 Å². The van der Waals surface area contributed by atoms with Crippen LogP contribution in [-0.2, 0) is 4.79 Å². The van der Waals surface area contributed by atoms with E-state index >= 15 is 0 Å². The van der Waals surface area contributed by atoms with Crippen LogP contribution in [-0.4, -0.2) is 12.1 Å². The third-order valence-corrected chi connectivity index (χ3v) is 2.83. The fourth-order valence-corrected chi connectivity index (χ4v) is 1.78. The number of thiophene rings is 1. The summed E-state index contributed by atoms with van der Waals surface area (Å²) < 4.78 is 1.05. The van der Waals surface area contributed by atoms with Gasteiger partial charge in [-0.25, -0.2) is 5.43 Å². The molecule has 70 valence electrons. The van der Waals surface area contributed by atoms with Gasteiger partial charge in [0, 0.05) is 17.4 Å². The van der Waals surface area contributed by atoms with Crippen molar-refractivity contribution in [1.82, 2.24) is 5.43 Å². The van der Waals surface area contributed by atoms with Crippen LogP contribution < -0.4 is 5.43 Å². The average molecular weight is 261 g/mol. The van der Waals surface area contributed by atoms with Gasteiger partial charge < -0.3 is 0 Å². The molecule has 5 heteroatoms. The zero-order chi connectivity index (χ0) is 9.68. The van der Waals surface area contributed by atoms with Crippen LogP contribution in [0.15, 0.2) is 20.3 Å². The van der Waals surface area contributed by atoms with E-state index in [4.69, 9.17) is 0 Å². The van der Waals surface area contributed by atoms with E-state index in [2.05, 4.69) is 26.5 Å². The molecule has 0 aliphatic carbocycles. The van der Waals surface area contributed by atoms with Crippen LogP contribution in [0.2, 0.25) is 0 Å². The van der Waals surface area contributed by atoms with Crippen molar-refractivity contribution in [2.24, 2.45) is 5.10 Å². The number of hydrogen-bond donors (Lipinski definition) is 1. The van der Waals surface area contributed by atoms with Gasteiger partial charge in [-0.05, 0) is 22.0 Å². The predicted molar refractivity (Wildman–Crippen MR) is 58.0 cm³/mol. The molecular formula is C8H9BrN2OS. The van der Waals surface area contributed by atoms with Gasteiger partial charge in [0.05, 0.1) is 10.0 Å². The molecule has 0 aliphatic rings. The number of halogens is 1. The Kier molecular flexibility index (Phi) is 4.11. The Morgan fingerprint density at radius 3 is 3.15 bits per heavy atom. The highest BCUT2D eigenvalue weighted by Crippen LogP contribution is 2.19. The van der Waals surface area contributed by atoms with E-state index in [0.29, 0.717) is 6.42 Å². The second-order valence-electron chi connectivity index (χ2n) is 2.33. The van der Waals surface area contributed by atoms with Crippen LogP contribution in [0, 0.1) is 0 Å². The van der Waals surface area contributed by atoms with Crippen molar-refractivity contribution in [2.75, 3.05) is 0 Å². The zero-order valence-corrected chi connectivity index (χ0v) is 9.48. The van der Waals surface area contributed by atoms with Gasteiger partial charge in [-0.3, -0.25) is 4.79 Å². The normalized spacial score (nSPS) is 10.6. The van der Waals surface area contributed by atoms with E-state index in [-0.39, 0.29) is 5.91 Å². The number of hydrogen-bond acceptors (Lipinski definition) is 3. The van der Waals surface area contributed by atoms with Crippen molar-refractivity contribution >= 4 is 39.4 Å². The first kappa shape index (κ1) is 10.4. The lowest BCUT2D eigenvalue weighted by atomic mass is 10.4. The third-order valence-electron chi connectivity index (χ3n) is 1.31. The van der Waals surface area contributed by atoms with E-state index < -0.39 is 0 Å². The third kappa shape index (κ3) is 3.69. The summed E-state index contributed by atoms with van der Waals surface area (Å²) in [5.74, 6) is -0.0782. The van der Waals surface area contributed by atoms with Crippen molar-refractivity contribution < 1.29 is 4.79 Å². The summed E-state index contributed by atoms with van der Waals surface area (Å²) in [6, 6.07) is 1.94. The molecule has 3 nitrogen and oxygen atoms in total. The van der Waals surface area contributed by atoms with Gasteiger partial charge in [0.2, 0.25) is 5.91 Å². The van der Waals surface area contributed by atoms with Crippen molar-refractivity contribution in [3.63, 3.8) is 0 Å². The Balaban J connectivity index is 2.45. The second-order valence-corrected chi connectivity index (χ2v) is 4.62. The topological polar surface area (TPSA) is 41.5 Å². The SMILES string of the molecule is CCC(=O)N/N=C/c1csc(Br)c1. The molecule has 0 aromatic carbocycles. The summed E-state index contributed by atoms with van der Waals surface area (Å²) >= 11 is 4.92. The van der Waals surface area contributed by atoms with E-state index in [1.807, 2.05) is 11.4 Å². The summed E-state index contributed by atoms with van der Waals surface area (Å²) in [4.78, 5) is 10.8. The predicted octanol–water partition coefficient (Wildman–Crippen LogP) is 2.37. The molecule has 1 heterocycles. The molecule has 1 rings (SSSR count). The molecule has 0 fully saturated rings. The highest BCUT2D eigenvalue weighted by atomic mass is 79.9. The molecule has 0 radical (unpaired) electrons. The van der Waals surface area contributed by atoms with E-state index in [1.165, 1.54) is 0 Å². The minimum Gasteiger partial charge on any atom is -0.273 e. The average Bonchev–Trinajstić information content (AvgIpc) is 2.51. The molecule has 0 spiro atoms. The minimum absolute atomic E-state index is 0.0782. The summed E-state index contributed by atoms with van der Waals surface area (Å²) in [5, 5.41) is 5.74. The lowest BCUT2D eigenvalue weighted by Gasteiger charge is -1.92. The smallest absolute Gasteiger partial charge is 0.239 e. The van der Waals surface area contributed by atoms with Gasteiger partial charge in [0.1, 0.15) is 0 Å². The highest BCUT2D eigenvalue weighted by molar-refractivity contribution is 9.11. The molecule has 0 saturated heterocycles. The maximum absolute atomic E-state index is 10.8. The van der Waals surface area contributed by atoms with Crippen LogP contribution >= 0.6 is 27.3 Å². The molecule has 1 aromatic rings. The van der Waals surface area contributed by atoms with Crippen LogP contribution in [0.1, 0.15) is 18.9 Å². The lowest BCUT2D eigenvalue weighted by molar-refractivity contribution is -0.120. The molecule has 0 aliphatic heterocycles. The first-order valence-electron chi connectivity index (χ1n) is 3.78. The summed E-state index contributed by atoms with van der Waals surface area (Å²) in [6.07, 6.45) is 2.07. The van der Waals surface area contributed by atoms with Crippen LogP contribution in [0.25, 0.3) is 0 Å². The van der Waals surface area contributed by atoms with Crippen LogP contribution in [0.5, 0.6) is 0 Å². The molecule has 0 atom stereocenters. The Labute approximate surface area is 89.0 Å². The standard InChI is InChI=1S/C8H9BrN2OS/c1-2-8(12)11-10-4-6-3-7(9)13-5-6/h3-5H,2H2,1H3,(H,11,12)/b10-4+. The summed E-state index contributed by atoms with van der Waals surface area (Å²) in [7, 11) is 0. The first-order valence-corrected chi connectivity index (χ1v) is 5.45. The first-order chi connectivity index (χ1) is 6.22. The summed E-state index contributed by atoms with van der Waals surface area (Å²) in [5.41, 5.74) is 3.39. The van der Waals surface area contributed by atoms with Crippen molar-refractivity contribution in [3.05, 3.63) is 20.8 Å². The Bertz CT molecular complexity index is 322. The van der Waals surface area contributed by atoms with Gasteiger partial charge in [0.15, 0.2) is 0 Å². The number of hydrazone groups is 1. The Morgan fingerprint density at radius 1 is 1.85 bits per heavy atom. The van der Waals surface area contributed by atoms with Gasteiger partial charge in [-0.2, -0.15) is 5.10 Å². The van der Waals surface area contributed by atoms with Gasteiger partial charge in [-0.1, -0.05) is 6.92 Å². The number of carbonyl (C=O) groups is 1. The monoisotopic (exact) mass is 260 g/mol. The van der Waals surface area contributed by atoms with Crippen LogP contribution in [0.3, 0.4) is 0 Å². The fourth-order valence-electron chi connectivity index (χ4n) is 0.649. The molecule has 1 N–H and O–H groups in total. The molecule has 0 bridgehead atoms. The van der Waals surface area contributed by atoms with Crippen molar-refractivity contribution in [2.45, 2.75) is 13.3 Å². The number of amides is 1. The van der Waals surface area contributed by atoms with E-state index in [9.17, 15) is 4.79 Å². The van der Waals surface area contributed by atoms with Crippen molar-refractivity contribution in [1.29, 1.82) is 0 Å². The fraction of sp³-hybridized carbons (Fsp3) is 0.250. The molecule has 1 aromatic heterocycles. The number of carbonyl (C=O) groups excluding carboxylic acids is 1. The molecule has 1 amide bonds. The van der Waals surface area contributed by atoms with Gasteiger partial charge in [0.25, 0.3) is 0 Å². The largest absolute Gasteiger partial charge is 0.273 e. The van der Waals surface area contributed by atoms with Gasteiger partial charge in [-0.15, -0.1) is 11.3 Å². The van der Waals surface area contributed by atoms with E-state index in [1.54, 1.807) is 24.5 Å². The Hall–Kier alpha value is -0.680. The lowest BCUT2D eigenvalue weighted by Crippen LogP contribution is -2.15. The van der Waals surface area contributed by atoms with Crippen molar-refractivity contribution in [3.8, 4) is 0 Å². The summed E-state index contributed by atoms with van der Waals surface area (Å²) in [6.45, 7) is 1.78. The number of rotatable bonds is 3. The van der Waals surface area contributed by atoms with Gasteiger partial charge >= 0.3 is 0 Å². The highest BCUT2D eigenvalue weighted by Gasteiger charge is 1.94. The quantitative estimate of drug-likeness (QED) is 0.658. The zero-order valence-electron chi connectivity index (χ0n) is 7.08. The molecule has 0 saturated carbocycles. The Morgan fingerprint density at radius 2 is 2.62 bits per heavy atom. The maximum atomic E-state index is 10.8. The minimum atomic E-state index is -0.0782. The molecule has 0 unspecified atom stereocenters. The maximum Gasteiger partial charge on any atom is 0.239 e. The molecule has 13 heavy (non-hydrogen) atoms. The van der Waals surface area contributed by atoms with E-state index in [0.717, 1.165) is 9.35 Å². The molecular weight excluding hydrogens is 252 g/mol. The number of nitrogens with zero attached hydrogens (tertiary/aromatic N) is 1.